The predicted molar refractivity (Wildman–Crippen MR) is 64.4 cm³/mol. The van der Waals surface area contributed by atoms with E-state index >= 15 is 0 Å². The van der Waals surface area contributed by atoms with E-state index in [0.29, 0.717) is 5.69 Å². The fraction of sp³-hybridized carbons (Fsp3) is 0.455. The van der Waals surface area contributed by atoms with Crippen LogP contribution in [0.1, 0.15) is 24.7 Å². The van der Waals surface area contributed by atoms with Crippen LogP contribution in [-0.4, -0.2) is 18.7 Å². The van der Waals surface area contributed by atoms with Crippen molar-refractivity contribution in [1.29, 1.82) is 5.26 Å². The Morgan fingerprint density at radius 1 is 1.53 bits per heavy atom. The molecular weight excluding hydrogens is 238 g/mol. The van der Waals surface area contributed by atoms with Gasteiger partial charge in [-0.05, 0) is 25.5 Å². The fourth-order valence-corrected chi connectivity index (χ4v) is 2.48. The normalized spacial score (nSPS) is 13.0. The third-order valence-corrected chi connectivity index (χ3v) is 4.02. The Morgan fingerprint density at radius 3 is 2.76 bits per heavy atom. The summed E-state index contributed by atoms with van der Waals surface area (Å²) in [5.74, 6) is 0. The number of hydrogen-bond donors (Lipinski definition) is 1. The van der Waals surface area contributed by atoms with E-state index in [0.717, 1.165) is 5.69 Å². The van der Waals surface area contributed by atoms with Gasteiger partial charge in [0.25, 0.3) is 0 Å². The zero-order chi connectivity index (χ0) is 12.9. The third-order valence-electron chi connectivity index (χ3n) is 2.29. The van der Waals surface area contributed by atoms with E-state index in [2.05, 4.69) is 9.71 Å². The number of pyridine rings is 1. The summed E-state index contributed by atoms with van der Waals surface area (Å²) in [5.41, 5.74) is 1.47. The summed E-state index contributed by atoms with van der Waals surface area (Å²) in [4.78, 5) is 4.18. The fourth-order valence-electron chi connectivity index (χ4n) is 1.35. The van der Waals surface area contributed by atoms with Crippen molar-refractivity contribution in [2.45, 2.75) is 32.1 Å². The Balaban J connectivity index is 2.71. The summed E-state index contributed by atoms with van der Waals surface area (Å²) >= 11 is 0. The van der Waals surface area contributed by atoms with Crippen molar-refractivity contribution in [2.75, 3.05) is 0 Å². The van der Waals surface area contributed by atoms with Crippen molar-refractivity contribution in [3.05, 3.63) is 29.6 Å². The van der Waals surface area contributed by atoms with Crippen LogP contribution < -0.4 is 4.72 Å². The zero-order valence-electron chi connectivity index (χ0n) is 9.84. The van der Waals surface area contributed by atoms with E-state index in [4.69, 9.17) is 5.26 Å². The van der Waals surface area contributed by atoms with E-state index in [1.165, 1.54) is 0 Å². The molecule has 0 aliphatic heterocycles. The van der Waals surface area contributed by atoms with Crippen molar-refractivity contribution >= 4 is 10.0 Å². The first-order valence-electron chi connectivity index (χ1n) is 5.30. The first-order chi connectivity index (χ1) is 7.99. The average Bonchev–Trinajstić information content (AvgIpc) is 2.28. The molecule has 1 rings (SSSR count). The molecule has 0 bridgehead atoms. The first kappa shape index (κ1) is 13.6. The minimum absolute atomic E-state index is 0.113. The molecule has 0 amide bonds. The highest BCUT2D eigenvalue weighted by Gasteiger charge is 2.22. The Morgan fingerprint density at radius 2 is 2.24 bits per heavy atom. The number of aryl methyl sites for hydroxylation is 1. The van der Waals surface area contributed by atoms with Gasteiger partial charge >= 0.3 is 0 Å². The molecule has 1 atom stereocenters. The van der Waals surface area contributed by atoms with Crippen molar-refractivity contribution < 1.29 is 8.42 Å². The summed E-state index contributed by atoms with van der Waals surface area (Å²) < 4.78 is 25.8. The van der Waals surface area contributed by atoms with Crippen LogP contribution in [0, 0.1) is 18.3 Å². The molecule has 0 spiro atoms. The summed E-state index contributed by atoms with van der Waals surface area (Å²) in [6, 6.07) is 7.16. The topological polar surface area (TPSA) is 82.8 Å². The lowest BCUT2D eigenvalue weighted by Crippen LogP contribution is -2.32. The highest BCUT2D eigenvalue weighted by molar-refractivity contribution is 7.90. The lowest BCUT2D eigenvalue weighted by atomic mass is 10.3. The third kappa shape index (κ3) is 3.80. The van der Waals surface area contributed by atoms with Gasteiger partial charge in [0.05, 0.1) is 18.3 Å². The molecule has 1 heterocycles. The molecule has 5 nitrogen and oxygen atoms in total. The minimum Gasteiger partial charge on any atom is -0.257 e. The summed E-state index contributed by atoms with van der Waals surface area (Å²) in [5, 5.41) is 7.71. The van der Waals surface area contributed by atoms with Gasteiger partial charge in [0.1, 0.15) is 0 Å². The standard InChI is InChI=1S/C11H15N3O2S/c1-3-11(7-12)17(15,16)13-8-10-6-4-5-9(2)14-10/h4-6,11,13H,3,8H2,1-2H3. The van der Waals surface area contributed by atoms with Crippen molar-refractivity contribution in [1.82, 2.24) is 9.71 Å². The molecule has 1 unspecified atom stereocenters. The maximum atomic E-state index is 11.7. The highest BCUT2D eigenvalue weighted by Crippen LogP contribution is 2.04. The van der Waals surface area contributed by atoms with Gasteiger partial charge in [0.2, 0.25) is 10.0 Å². The van der Waals surface area contributed by atoms with Gasteiger partial charge in [-0.1, -0.05) is 13.0 Å². The molecule has 0 aromatic carbocycles. The first-order valence-corrected chi connectivity index (χ1v) is 6.85. The number of nitrogens with zero attached hydrogens (tertiary/aromatic N) is 2. The molecule has 0 radical (unpaired) electrons. The second-order valence-corrected chi connectivity index (χ2v) is 5.61. The number of hydrogen-bond acceptors (Lipinski definition) is 4. The molecule has 17 heavy (non-hydrogen) atoms. The zero-order valence-corrected chi connectivity index (χ0v) is 10.7. The number of rotatable bonds is 5. The molecule has 6 heteroatoms. The Bertz CT molecular complexity index is 520. The monoisotopic (exact) mass is 253 g/mol. The van der Waals surface area contributed by atoms with Gasteiger partial charge in [0, 0.05) is 5.69 Å². The van der Waals surface area contributed by atoms with Gasteiger partial charge in [0.15, 0.2) is 5.25 Å². The van der Waals surface area contributed by atoms with Crippen molar-refractivity contribution in [3.8, 4) is 6.07 Å². The number of sulfonamides is 1. The Labute approximate surface area is 102 Å². The van der Waals surface area contributed by atoms with Gasteiger partial charge in [-0.2, -0.15) is 5.26 Å². The molecule has 0 saturated carbocycles. The number of nitrogens with one attached hydrogen (secondary N) is 1. The summed E-state index contributed by atoms with van der Waals surface area (Å²) in [7, 11) is -3.58. The maximum Gasteiger partial charge on any atom is 0.228 e. The van der Waals surface area contributed by atoms with E-state index in [-0.39, 0.29) is 13.0 Å². The van der Waals surface area contributed by atoms with Gasteiger partial charge in [-0.3, -0.25) is 4.98 Å². The Hall–Kier alpha value is -1.45. The highest BCUT2D eigenvalue weighted by atomic mass is 32.2. The van der Waals surface area contributed by atoms with E-state index in [9.17, 15) is 8.42 Å². The largest absolute Gasteiger partial charge is 0.257 e. The second kappa shape index (κ2) is 5.75. The van der Waals surface area contributed by atoms with Crippen LogP contribution >= 0.6 is 0 Å². The lowest BCUT2D eigenvalue weighted by molar-refractivity contribution is 0.571. The summed E-state index contributed by atoms with van der Waals surface area (Å²) in [6.45, 7) is 3.61. The number of nitriles is 1. The van der Waals surface area contributed by atoms with Gasteiger partial charge in [-0.25, -0.2) is 13.1 Å². The SMILES string of the molecule is CCC(C#N)S(=O)(=O)NCc1cccc(C)n1. The van der Waals surface area contributed by atoms with Crippen LogP contribution in [0.3, 0.4) is 0 Å². The molecule has 1 aromatic rings. The average molecular weight is 253 g/mol. The molecule has 0 aliphatic rings. The molecule has 1 aromatic heterocycles. The molecule has 92 valence electrons. The van der Waals surface area contributed by atoms with Gasteiger partial charge in [-0.15, -0.1) is 0 Å². The van der Waals surface area contributed by atoms with Crippen LogP contribution in [0.5, 0.6) is 0 Å². The summed E-state index contributed by atoms with van der Waals surface area (Å²) in [6.07, 6.45) is 0.271. The van der Waals surface area contributed by atoms with E-state index in [1.54, 1.807) is 19.1 Å². The van der Waals surface area contributed by atoms with E-state index in [1.807, 2.05) is 19.1 Å². The second-order valence-electron chi connectivity index (χ2n) is 3.66. The molecule has 0 saturated heterocycles. The molecule has 0 aliphatic carbocycles. The molecular formula is C11H15N3O2S. The molecule has 1 N–H and O–H groups in total. The van der Waals surface area contributed by atoms with Crippen LogP contribution in [0.25, 0.3) is 0 Å². The van der Waals surface area contributed by atoms with Crippen LogP contribution in [0.4, 0.5) is 0 Å². The molecule has 0 fully saturated rings. The smallest absolute Gasteiger partial charge is 0.228 e. The van der Waals surface area contributed by atoms with Crippen molar-refractivity contribution in [2.24, 2.45) is 0 Å². The Kier molecular flexibility index (Phi) is 4.61. The van der Waals surface area contributed by atoms with Crippen molar-refractivity contribution in [3.63, 3.8) is 0 Å². The number of aromatic nitrogens is 1. The van der Waals surface area contributed by atoms with E-state index < -0.39 is 15.3 Å². The van der Waals surface area contributed by atoms with Crippen LogP contribution in [-0.2, 0) is 16.6 Å². The quantitative estimate of drug-likeness (QED) is 0.852. The van der Waals surface area contributed by atoms with Gasteiger partial charge < -0.3 is 0 Å². The predicted octanol–water partition coefficient (Wildman–Crippen LogP) is 1.11. The minimum atomic E-state index is -3.58. The van der Waals surface area contributed by atoms with Crippen LogP contribution in [0.15, 0.2) is 18.2 Å². The maximum absolute atomic E-state index is 11.7. The van der Waals surface area contributed by atoms with Crippen LogP contribution in [0.2, 0.25) is 0 Å². The lowest BCUT2D eigenvalue weighted by Gasteiger charge is -2.09.